The van der Waals surface area contributed by atoms with E-state index in [4.69, 9.17) is 0 Å². The average Bonchev–Trinajstić information content (AvgIpc) is 2.50. The molecular formula is C19H22S2+2. The molecule has 1 atom stereocenters. The Balaban J connectivity index is 2.23. The maximum atomic E-state index is 4.26. The summed E-state index contributed by atoms with van der Waals surface area (Å²) in [6, 6.07) is 17.7. The summed E-state index contributed by atoms with van der Waals surface area (Å²) in [4.78, 5) is 0. The third-order valence-corrected chi connectivity index (χ3v) is 8.37. The average molecular weight is 315 g/mol. The molecule has 0 aliphatic heterocycles. The van der Waals surface area contributed by atoms with Gasteiger partial charge in [-0.15, -0.1) is 0 Å². The van der Waals surface area contributed by atoms with Crippen molar-refractivity contribution in [2.24, 2.45) is 11.3 Å². The van der Waals surface area contributed by atoms with Crippen molar-refractivity contribution in [2.75, 3.05) is 0 Å². The fourth-order valence-electron chi connectivity index (χ4n) is 4.62. The van der Waals surface area contributed by atoms with Crippen LogP contribution in [-0.4, -0.2) is 0 Å². The maximum absolute atomic E-state index is 4.26. The Morgan fingerprint density at radius 3 is 1.57 bits per heavy atom. The molecule has 0 saturated carbocycles. The molecule has 2 heteroatoms. The Labute approximate surface area is 137 Å². The van der Waals surface area contributed by atoms with Gasteiger partial charge in [-0.05, 0) is 25.3 Å². The molecule has 2 aromatic rings. The van der Waals surface area contributed by atoms with Gasteiger partial charge >= 0.3 is 0 Å². The van der Waals surface area contributed by atoms with Crippen molar-refractivity contribution in [3.05, 3.63) is 70.8 Å². The summed E-state index contributed by atoms with van der Waals surface area (Å²) in [6.45, 7) is 7.13. The zero-order chi connectivity index (χ0) is 15.0. The molecule has 0 spiro atoms. The molecule has 0 saturated heterocycles. The first-order valence-corrected chi connectivity index (χ1v) is 8.56. The van der Waals surface area contributed by atoms with Crippen molar-refractivity contribution in [2.45, 2.75) is 30.3 Å². The fourth-order valence-corrected chi connectivity index (χ4v) is 6.07. The van der Waals surface area contributed by atoms with Crippen molar-refractivity contribution in [3.63, 3.8) is 0 Å². The van der Waals surface area contributed by atoms with E-state index >= 15 is 0 Å². The molecule has 0 nitrogen and oxygen atoms in total. The van der Waals surface area contributed by atoms with Gasteiger partial charge in [-0.2, -0.15) is 0 Å². The number of fused-ring (bicyclic) bond motifs is 1. The lowest BCUT2D eigenvalue weighted by Gasteiger charge is -2.58. The fraction of sp³-hybridized carbons (Fsp3) is 0.368. The highest BCUT2D eigenvalue weighted by Gasteiger charge is 2.71. The maximum Gasteiger partial charge on any atom is 0.180 e. The third-order valence-electron chi connectivity index (χ3n) is 6.21. The van der Waals surface area contributed by atoms with Crippen molar-refractivity contribution < 1.29 is 0 Å². The van der Waals surface area contributed by atoms with Gasteiger partial charge in [-0.3, -0.25) is 0 Å². The van der Waals surface area contributed by atoms with E-state index in [1.807, 2.05) is 0 Å². The Bertz CT molecular complexity index is 697. The summed E-state index contributed by atoms with van der Waals surface area (Å²) >= 11 is 8.50. The van der Waals surface area contributed by atoms with Crippen LogP contribution in [0.5, 0.6) is 0 Å². The highest BCUT2D eigenvalue weighted by molar-refractivity contribution is 7.61. The smallest absolute Gasteiger partial charge is 0.0618 e. The van der Waals surface area contributed by atoms with Gasteiger partial charge in [0.1, 0.15) is 0 Å². The Morgan fingerprint density at radius 1 is 0.762 bits per heavy atom. The molecule has 0 aromatic heterocycles. The van der Waals surface area contributed by atoms with Gasteiger partial charge in [0, 0.05) is 33.6 Å². The lowest BCUT2D eigenvalue weighted by atomic mass is 9.48. The lowest BCUT2D eigenvalue weighted by molar-refractivity contribution is 0.112. The minimum absolute atomic E-state index is 0.106. The van der Waals surface area contributed by atoms with Crippen molar-refractivity contribution in [3.8, 4) is 0 Å². The van der Waals surface area contributed by atoms with Crippen LogP contribution in [0.25, 0.3) is 0 Å². The van der Waals surface area contributed by atoms with Crippen molar-refractivity contribution in [1.29, 1.82) is 0 Å². The molecule has 108 valence electrons. The number of hydrogen-bond acceptors (Lipinski definition) is 0. The van der Waals surface area contributed by atoms with E-state index in [2.05, 4.69) is 94.6 Å². The topological polar surface area (TPSA) is 0 Å². The van der Waals surface area contributed by atoms with Gasteiger partial charge in [0.05, 0.1) is 0 Å². The lowest BCUT2D eigenvalue weighted by Crippen LogP contribution is -2.62. The third kappa shape index (κ3) is 1.29. The number of hydrogen-bond donors (Lipinski definition) is 0. The van der Waals surface area contributed by atoms with E-state index in [0.29, 0.717) is 5.92 Å². The second-order valence-corrected chi connectivity index (χ2v) is 8.63. The molecule has 2 aromatic carbocycles. The van der Waals surface area contributed by atoms with Gasteiger partial charge in [-0.1, -0.05) is 69.3 Å². The molecule has 0 heterocycles. The SMILES string of the molecule is C[C@@H]1C2([SH2+])c3ccccc3C([SH2+])(c3ccccc32)C1(C)C. The van der Waals surface area contributed by atoms with Crippen LogP contribution in [0.15, 0.2) is 48.5 Å². The van der Waals surface area contributed by atoms with Gasteiger partial charge in [0.25, 0.3) is 0 Å². The normalized spacial score (nSPS) is 35.2. The zero-order valence-electron chi connectivity index (χ0n) is 12.7. The molecule has 0 N–H and O–H groups in total. The Hall–Kier alpha value is -0.860. The highest BCUT2D eigenvalue weighted by atomic mass is 32.1. The molecule has 2 bridgehead atoms. The largest absolute Gasteiger partial charge is 0.180 e. The van der Waals surface area contributed by atoms with Crippen LogP contribution in [0.2, 0.25) is 0 Å². The molecule has 0 unspecified atom stereocenters. The van der Waals surface area contributed by atoms with Gasteiger partial charge in [0.2, 0.25) is 0 Å². The standard InChI is InChI=1S/C19H20S2/c1-12-17(2,3)19(21)15-10-6-4-8-13(15)18(12,20)14-9-5-7-11-16(14)19/h4-12,20-21H,1-3H3/p+2/t12-,18?,19?/m0/s1. The second kappa shape index (κ2) is 3.91. The van der Waals surface area contributed by atoms with Crippen LogP contribution in [-0.2, 0) is 34.8 Å². The summed E-state index contributed by atoms with van der Waals surface area (Å²) in [5.41, 5.74) is 5.72. The van der Waals surface area contributed by atoms with E-state index in [1.165, 1.54) is 22.3 Å². The van der Waals surface area contributed by atoms with Crippen molar-refractivity contribution >= 4 is 25.3 Å². The van der Waals surface area contributed by atoms with Crippen LogP contribution in [0.3, 0.4) is 0 Å². The van der Waals surface area contributed by atoms with E-state index in [1.54, 1.807) is 0 Å². The molecular weight excluding hydrogens is 292 g/mol. The summed E-state index contributed by atoms with van der Waals surface area (Å²) in [5, 5.41) is 0. The minimum Gasteiger partial charge on any atom is -0.0618 e. The number of benzene rings is 2. The van der Waals surface area contributed by atoms with Crippen LogP contribution >= 0.6 is 0 Å². The van der Waals surface area contributed by atoms with Crippen LogP contribution in [0.4, 0.5) is 0 Å². The van der Waals surface area contributed by atoms with Gasteiger partial charge in [-0.25, -0.2) is 0 Å². The van der Waals surface area contributed by atoms with E-state index < -0.39 is 0 Å². The summed E-state index contributed by atoms with van der Waals surface area (Å²) < 4.78 is -0.237. The predicted octanol–water partition coefficient (Wildman–Crippen LogP) is 3.19. The molecule has 0 radical (unpaired) electrons. The predicted molar refractivity (Wildman–Crippen MR) is 97.7 cm³/mol. The highest BCUT2D eigenvalue weighted by Crippen LogP contribution is 2.67. The van der Waals surface area contributed by atoms with Crippen LogP contribution in [0, 0.1) is 11.3 Å². The summed E-state index contributed by atoms with van der Waals surface area (Å²) in [6.07, 6.45) is 0. The molecule has 21 heavy (non-hydrogen) atoms. The first-order chi connectivity index (χ1) is 9.86. The molecule has 0 amide bonds. The van der Waals surface area contributed by atoms with Crippen LogP contribution in [0.1, 0.15) is 43.0 Å². The monoisotopic (exact) mass is 314 g/mol. The summed E-state index contributed by atoms with van der Waals surface area (Å²) in [5.74, 6) is 0.476. The summed E-state index contributed by atoms with van der Waals surface area (Å²) in [7, 11) is 0. The van der Waals surface area contributed by atoms with Crippen LogP contribution < -0.4 is 0 Å². The Kier molecular flexibility index (Phi) is 2.56. The molecule has 3 aliphatic rings. The molecule has 0 fully saturated rings. The molecule has 3 aliphatic carbocycles. The molecule has 5 rings (SSSR count). The minimum atomic E-state index is -0.131. The zero-order valence-corrected chi connectivity index (χ0v) is 14.7. The van der Waals surface area contributed by atoms with E-state index in [9.17, 15) is 0 Å². The van der Waals surface area contributed by atoms with Gasteiger partial charge in [0.15, 0.2) is 9.49 Å². The first-order valence-electron chi connectivity index (χ1n) is 7.56. The van der Waals surface area contributed by atoms with Crippen molar-refractivity contribution in [1.82, 2.24) is 0 Å². The Morgan fingerprint density at radius 2 is 1.14 bits per heavy atom. The number of rotatable bonds is 0. The van der Waals surface area contributed by atoms with Gasteiger partial charge < -0.3 is 0 Å². The van der Waals surface area contributed by atoms with E-state index in [0.717, 1.165) is 0 Å². The first kappa shape index (κ1) is 13.8. The second-order valence-electron chi connectivity index (χ2n) is 7.09. The van der Waals surface area contributed by atoms with E-state index in [-0.39, 0.29) is 14.9 Å². The quantitative estimate of drug-likeness (QED) is 0.655.